The van der Waals surface area contributed by atoms with Crippen molar-refractivity contribution in [2.45, 2.75) is 24.9 Å². The van der Waals surface area contributed by atoms with Gasteiger partial charge in [0.05, 0.1) is 17.6 Å². The minimum Gasteiger partial charge on any atom is -0.326 e. The first kappa shape index (κ1) is 14.6. The molecule has 0 unspecified atom stereocenters. The van der Waals surface area contributed by atoms with Crippen molar-refractivity contribution < 1.29 is 8.42 Å². The van der Waals surface area contributed by atoms with Crippen molar-refractivity contribution in [3.8, 4) is 0 Å². The molecule has 2 rings (SSSR count). The molecule has 8 heteroatoms. The van der Waals surface area contributed by atoms with Crippen LogP contribution in [0.3, 0.4) is 0 Å². The number of nitrogens with two attached hydrogens (primary N) is 1. The standard InChI is InChI=1S/C12H17N5O2S/c1-10-2-3-12(8-11(10)9-13)20(18,19)15-5-7-17-6-4-14-16-17/h2-4,6,8,15H,5,7,9,13H2,1H3. The molecule has 0 radical (unpaired) electrons. The molecule has 0 fully saturated rings. The Morgan fingerprint density at radius 3 is 2.85 bits per heavy atom. The summed E-state index contributed by atoms with van der Waals surface area (Å²) in [7, 11) is -3.53. The van der Waals surface area contributed by atoms with Gasteiger partial charge < -0.3 is 5.73 Å². The van der Waals surface area contributed by atoms with Crippen molar-refractivity contribution >= 4 is 10.0 Å². The maximum absolute atomic E-state index is 12.1. The molecule has 2 aromatic rings. The smallest absolute Gasteiger partial charge is 0.240 e. The zero-order chi connectivity index (χ0) is 14.6. The fraction of sp³-hybridized carbons (Fsp3) is 0.333. The Morgan fingerprint density at radius 1 is 1.40 bits per heavy atom. The number of aromatic nitrogens is 3. The van der Waals surface area contributed by atoms with Gasteiger partial charge in [-0.25, -0.2) is 13.1 Å². The van der Waals surface area contributed by atoms with Crippen LogP contribution < -0.4 is 10.5 Å². The molecule has 0 atom stereocenters. The Labute approximate surface area is 117 Å². The highest BCUT2D eigenvalue weighted by Crippen LogP contribution is 2.14. The molecule has 0 aliphatic heterocycles. The number of nitrogens with zero attached hydrogens (tertiary/aromatic N) is 3. The SMILES string of the molecule is Cc1ccc(S(=O)(=O)NCCn2ccnn2)cc1CN. The van der Waals surface area contributed by atoms with E-state index in [9.17, 15) is 8.42 Å². The second-order valence-electron chi connectivity index (χ2n) is 4.36. The van der Waals surface area contributed by atoms with Gasteiger partial charge in [0.1, 0.15) is 0 Å². The van der Waals surface area contributed by atoms with Gasteiger partial charge in [0.25, 0.3) is 0 Å². The minimum atomic E-state index is -3.53. The average Bonchev–Trinajstić information content (AvgIpc) is 2.92. The first-order chi connectivity index (χ1) is 9.53. The lowest BCUT2D eigenvalue weighted by Crippen LogP contribution is -2.27. The van der Waals surface area contributed by atoms with Crippen LogP contribution in [0.5, 0.6) is 0 Å². The van der Waals surface area contributed by atoms with Crippen LogP contribution in [-0.4, -0.2) is 30.0 Å². The summed E-state index contributed by atoms with van der Waals surface area (Å²) < 4.78 is 28.4. The lowest BCUT2D eigenvalue weighted by molar-refractivity contribution is 0.553. The number of hydrogen-bond donors (Lipinski definition) is 2. The van der Waals surface area contributed by atoms with E-state index in [0.29, 0.717) is 13.1 Å². The quantitative estimate of drug-likeness (QED) is 0.782. The molecule has 3 N–H and O–H groups in total. The summed E-state index contributed by atoms with van der Waals surface area (Å²) in [5, 5.41) is 7.41. The predicted octanol–water partition coefficient (Wildman–Crippen LogP) is 0.0237. The molecular weight excluding hydrogens is 278 g/mol. The van der Waals surface area contributed by atoms with Gasteiger partial charge in [-0.3, -0.25) is 4.68 Å². The molecule has 0 spiro atoms. The lowest BCUT2D eigenvalue weighted by Gasteiger charge is -2.09. The van der Waals surface area contributed by atoms with E-state index in [0.717, 1.165) is 11.1 Å². The van der Waals surface area contributed by atoms with Gasteiger partial charge in [0.2, 0.25) is 10.0 Å². The number of rotatable bonds is 6. The topological polar surface area (TPSA) is 103 Å². The Kier molecular flexibility index (Phi) is 4.48. The molecule has 108 valence electrons. The van der Waals surface area contributed by atoms with E-state index in [1.54, 1.807) is 35.3 Å². The molecule has 0 aliphatic carbocycles. The summed E-state index contributed by atoms with van der Waals surface area (Å²) in [6.45, 7) is 2.89. The molecule has 0 amide bonds. The molecule has 20 heavy (non-hydrogen) atoms. The number of aryl methyl sites for hydroxylation is 1. The highest BCUT2D eigenvalue weighted by atomic mass is 32.2. The van der Waals surface area contributed by atoms with E-state index in [-0.39, 0.29) is 11.4 Å². The molecule has 0 saturated carbocycles. The lowest BCUT2D eigenvalue weighted by atomic mass is 10.1. The summed E-state index contributed by atoms with van der Waals surface area (Å²) in [6.07, 6.45) is 3.22. The van der Waals surface area contributed by atoms with Crippen molar-refractivity contribution in [2.75, 3.05) is 6.54 Å². The molecular formula is C12H17N5O2S. The predicted molar refractivity (Wildman–Crippen MR) is 74.3 cm³/mol. The number of sulfonamides is 1. The first-order valence-corrected chi connectivity index (χ1v) is 7.64. The van der Waals surface area contributed by atoms with Crippen LogP contribution in [0.2, 0.25) is 0 Å². The van der Waals surface area contributed by atoms with Crippen molar-refractivity contribution in [3.05, 3.63) is 41.7 Å². The van der Waals surface area contributed by atoms with Crippen LogP contribution in [-0.2, 0) is 23.1 Å². The maximum atomic E-state index is 12.1. The molecule has 7 nitrogen and oxygen atoms in total. The fourth-order valence-corrected chi connectivity index (χ4v) is 2.84. The second-order valence-corrected chi connectivity index (χ2v) is 6.12. The van der Waals surface area contributed by atoms with Gasteiger partial charge in [-0.05, 0) is 30.2 Å². The van der Waals surface area contributed by atoms with Crippen molar-refractivity contribution in [2.24, 2.45) is 5.73 Å². The van der Waals surface area contributed by atoms with Gasteiger partial charge in [0, 0.05) is 19.3 Å². The Balaban J connectivity index is 2.06. The van der Waals surface area contributed by atoms with Crippen LogP contribution >= 0.6 is 0 Å². The van der Waals surface area contributed by atoms with Gasteiger partial charge in [0.15, 0.2) is 0 Å². The molecule has 1 heterocycles. The molecule has 1 aromatic carbocycles. The van der Waals surface area contributed by atoms with Crippen LogP contribution in [0, 0.1) is 6.92 Å². The maximum Gasteiger partial charge on any atom is 0.240 e. The summed E-state index contributed by atoms with van der Waals surface area (Å²) in [5.41, 5.74) is 7.40. The van der Waals surface area contributed by atoms with E-state index in [4.69, 9.17) is 5.73 Å². The van der Waals surface area contributed by atoms with Gasteiger partial charge in [-0.2, -0.15) is 0 Å². The third-order valence-electron chi connectivity index (χ3n) is 2.96. The van der Waals surface area contributed by atoms with E-state index < -0.39 is 10.0 Å². The van der Waals surface area contributed by atoms with Gasteiger partial charge in [-0.1, -0.05) is 11.3 Å². The third kappa shape index (κ3) is 3.41. The first-order valence-electron chi connectivity index (χ1n) is 6.16. The van der Waals surface area contributed by atoms with Crippen molar-refractivity contribution in [3.63, 3.8) is 0 Å². The van der Waals surface area contributed by atoms with Crippen LogP contribution in [0.1, 0.15) is 11.1 Å². The summed E-state index contributed by atoms with van der Waals surface area (Å²) in [4.78, 5) is 0.224. The van der Waals surface area contributed by atoms with Crippen molar-refractivity contribution in [1.82, 2.24) is 19.7 Å². The van der Waals surface area contributed by atoms with Crippen LogP contribution in [0.15, 0.2) is 35.5 Å². The number of hydrogen-bond acceptors (Lipinski definition) is 5. The molecule has 0 bridgehead atoms. The molecule has 0 saturated heterocycles. The Hall–Kier alpha value is -1.77. The van der Waals surface area contributed by atoms with Gasteiger partial charge >= 0.3 is 0 Å². The zero-order valence-corrected chi connectivity index (χ0v) is 12.0. The second kappa shape index (κ2) is 6.12. The Morgan fingerprint density at radius 2 is 2.20 bits per heavy atom. The fourth-order valence-electron chi connectivity index (χ4n) is 1.76. The highest BCUT2D eigenvalue weighted by molar-refractivity contribution is 7.89. The van der Waals surface area contributed by atoms with Gasteiger partial charge in [-0.15, -0.1) is 5.10 Å². The molecule has 0 aliphatic rings. The highest BCUT2D eigenvalue weighted by Gasteiger charge is 2.14. The van der Waals surface area contributed by atoms with E-state index in [1.165, 1.54) is 0 Å². The normalized spacial score (nSPS) is 11.7. The number of benzene rings is 1. The van der Waals surface area contributed by atoms with E-state index in [2.05, 4.69) is 15.0 Å². The minimum absolute atomic E-state index is 0.224. The number of nitrogens with one attached hydrogen (secondary N) is 1. The zero-order valence-electron chi connectivity index (χ0n) is 11.2. The average molecular weight is 295 g/mol. The van der Waals surface area contributed by atoms with Crippen LogP contribution in [0.4, 0.5) is 0 Å². The van der Waals surface area contributed by atoms with E-state index >= 15 is 0 Å². The third-order valence-corrected chi connectivity index (χ3v) is 4.41. The Bertz CT molecular complexity index is 667. The largest absolute Gasteiger partial charge is 0.326 e. The summed E-state index contributed by atoms with van der Waals surface area (Å²) in [5.74, 6) is 0. The summed E-state index contributed by atoms with van der Waals surface area (Å²) >= 11 is 0. The van der Waals surface area contributed by atoms with Crippen LogP contribution in [0.25, 0.3) is 0 Å². The monoisotopic (exact) mass is 295 g/mol. The molecule has 1 aromatic heterocycles. The van der Waals surface area contributed by atoms with E-state index in [1.807, 2.05) is 6.92 Å². The van der Waals surface area contributed by atoms with Crippen molar-refractivity contribution in [1.29, 1.82) is 0 Å². The summed E-state index contributed by atoms with van der Waals surface area (Å²) in [6, 6.07) is 4.94.